The van der Waals surface area contributed by atoms with Gasteiger partial charge in [-0.1, -0.05) is 18.3 Å². The maximum Gasteiger partial charge on any atom is 0.427 e. The number of hydrogen-bond donors (Lipinski definition) is 1. The number of alkyl halides is 3. The standard InChI is InChI=1S/C13H18F3N3OS/c1-2-5-17-11(20)9-4-3-6-19(8-9)12-18-7-10(21-12)13(14,15)16/h7,9H,2-6,8H2,1H3,(H,17,20). The lowest BCUT2D eigenvalue weighted by atomic mass is 9.97. The quantitative estimate of drug-likeness (QED) is 0.927. The third-order valence-corrected chi connectivity index (χ3v) is 4.49. The number of hydrogen-bond acceptors (Lipinski definition) is 4. The molecule has 2 rings (SSSR count). The average molecular weight is 321 g/mol. The molecular formula is C13H18F3N3OS. The minimum Gasteiger partial charge on any atom is -0.356 e. The van der Waals surface area contributed by atoms with Crippen LogP contribution in [0.15, 0.2) is 6.20 Å². The Labute approximate surface area is 125 Å². The Morgan fingerprint density at radius 1 is 1.57 bits per heavy atom. The van der Waals surface area contributed by atoms with Crippen molar-refractivity contribution in [2.24, 2.45) is 5.92 Å². The van der Waals surface area contributed by atoms with Crippen LogP contribution in [-0.4, -0.2) is 30.5 Å². The highest BCUT2D eigenvalue weighted by molar-refractivity contribution is 7.15. The predicted octanol–water partition coefficient (Wildman–Crippen LogP) is 2.90. The summed E-state index contributed by atoms with van der Waals surface area (Å²) in [5, 5.41) is 3.18. The summed E-state index contributed by atoms with van der Waals surface area (Å²) in [5.74, 6) is -0.197. The van der Waals surface area contributed by atoms with E-state index in [0.29, 0.717) is 36.1 Å². The Kier molecular flexibility index (Phi) is 5.08. The normalized spacial score (nSPS) is 19.6. The minimum atomic E-state index is -4.36. The zero-order valence-corrected chi connectivity index (χ0v) is 12.6. The molecule has 1 fully saturated rings. The van der Waals surface area contributed by atoms with Gasteiger partial charge < -0.3 is 10.2 Å². The lowest BCUT2D eigenvalue weighted by Crippen LogP contribution is -2.43. The highest BCUT2D eigenvalue weighted by Gasteiger charge is 2.35. The summed E-state index contributed by atoms with van der Waals surface area (Å²) >= 11 is 0.636. The molecule has 1 amide bonds. The molecule has 0 aliphatic carbocycles. The average Bonchev–Trinajstić information content (AvgIpc) is 2.95. The van der Waals surface area contributed by atoms with Crippen LogP contribution >= 0.6 is 11.3 Å². The third kappa shape index (κ3) is 4.09. The van der Waals surface area contributed by atoms with Gasteiger partial charge in [-0.15, -0.1) is 0 Å². The number of anilines is 1. The second kappa shape index (κ2) is 6.64. The van der Waals surface area contributed by atoms with Crippen LogP contribution in [0.5, 0.6) is 0 Å². The van der Waals surface area contributed by atoms with Crippen LogP contribution in [0.4, 0.5) is 18.3 Å². The van der Waals surface area contributed by atoms with Crippen molar-refractivity contribution in [3.05, 3.63) is 11.1 Å². The molecule has 1 saturated heterocycles. The molecule has 0 saturated carbocycles. The molecule has 1 N–H and O–H groups in total. The van der Waals surface area contributed by atoms with E-state index in [4.69, 9.17) is 0 Å². The van der Waals surface area contributed by atoms with E-state index >= 15 is 0 Å². The van der Waals surface area contributed by atoms with Gasteiger partial charge in [0.25, 0.3) is 0 Å². The first kappa shape index (κ1) is 16.1. The molecule has 0 aromatic carbocycles. The first-order valence-corrected chi connectivity index (χ1v) is 7.79. The van der Waals surface area contributed by atoms with Crippen molar-refractivity contribution < 1.29 is 18.0 Å². The molecule has 0 bridgehead atoms. The third-order valence-electron chi connectivity index (χ3n) is 3.38. The maximum atomic E-state index is 12.6. The Balaban J connectivity index is 2.00. The van der Waals surface area contributed by atoms with Gasteiger partial charge in [-0.3, -0.25) is 4.79 Å². The van der Waals surface area contributed by atoms with Crippen LogP contribution in [0.2, 0.25) is 0 Å². The highest BCUT2D eigenvalue weighted by Crippen LogP contribution is 2.37. The molecule has 1 unspecified atom stereocenters. The molecule has 21 heavy (non-hydrogen) atoms. The van der Waals surface area contributed by atoms with E-state index in [1.54, 1.807) is 4.90 Å². The van der Waals surface area contributed by atoms with E-state index in [0.717, 1.165) is 25.5 Å². The van der Waals surface area contributed by atoms with Crippen LogP contribution in [0, 0.1) is 5.92 Å². The molecule has 1 aromatic rings. The Morgan fingerprint density at radius 2 is 2.33 bits per heavy atom. The number of piperidine rings is 1. The number of thiazole rings is 1. The van der Waals surface area contributed by atoms with Crippen LogP contribution in [0.3, 0.4) is 0 Å². The summed E-state index contributed by atoms with van der Waals surface area (Å²) in [6.07, 6.45) is -1.08. The largest absolute Gasteiger partial charge is 0.427 e. The van der Waals surface area contributed by atoms with Crippen molar-refractivity contribution in [1.82, 2.24) is 10.3 Å². The highest BCUT2D eigenvalue weighted by atomic mass is 32.1. The number of carbonyl (C=O) groups is 1. The maximum absolute atomic E-state index is 12.6. The summed E-state index contributed by atoms with van der Waals surface area (Å²) in [5.41, 5.74) is 0. The molecule has 1 aromatic heterocycles. The molecular weight excluding hydrogens is 303 g/mol. The first-order valence-electron chi connectivity index (χ1n) is 6.97. The molecule has 0 radical (unpaired) electrons. The number of amides is 1. The lowest BCUT2D eigenvalue weighted by molar-refractivity contribution is -0.134. The number of nitrogens with one attached hydrogen (secondary N) is 1. The van der Waals surface area contributed by atoms with Gasteiger partial charge in [-0.2, -0.15) is 13.2 Å². The second-order valence-corrected chi connectivity index (χ2v) is 6.09. The van der Waals surface area contributed by atoms with Crippen molar-refractivity contribution in [3.63, 3.8) is 0 Å². The summed E-state index contributed by atoms with van der Waals surface area (Å²) < 4.78 is 37.8. The van der Waals surface area contributed by atoms with Crippen LogP contribution in [-0.2, 0) is 11.0 Å². The fourth-order valence-corrected chi connectivity index (χ4v) is 3.12. The molecule has 4 nitrogen and oxygen atoms in total. The SMILES string of the molecule is CCCNC(=O)C1CCCN(c2ncc(C(F)(F)F)s2)C1. The zero-order chi connectivity index (χ0) is 15.5. The molecule has 0 spiro atoms. The Bertz CT molecular complexity index is 489. The zero-order valence-electron chi connectivity index (χ0n) is 11.7. The number of nitrogens with zero attached hydrogens (tertiary/aromatic N) is 2. The fraction of sp³-hybridized carbons (Fsp3) is 0.692. The summed E-state index contributed by atoms with van der Waals surface area (Å²) in [4.78, 5) is 16.9. The van der Waals surface area contributed by atoms with E-state index < -0.39 is 11.1 Å². The van der Waals surface area contributed by atoms with Gasteiger partial charge in [0, 0.05) is 19.6 Å². The number of halogens is 3. The number of carbonyl (C=O) groups excluding carboxylic acids is 1. The summed E-state index contributed by atoms with van der Waals surface area (Å²) in [7, 11) is 0. The van der Waals surface area contributed by atoms with Crippen molar-refractivity contribution in [1.29, 1.82) is 0 Å². The van der Waals surface area contributed by atoms with E-state index in [2.05, 4.69) is 10.3 Å². The van der Waals surface area contributed by atoms with E-state index in [1.807, 2.05) is 6.92 Å². The van der Waals surface area contributed by atoms with Gasteiger partial charge in [0.05, 0.1) is 12.1 Å². The number of aromatic nitrogens is 1. The molecule has 1 aliphatic rings. The fourth-order valence-electron chi connectivity index (χ4n) is 2.30. The van der Waals surface area contributed by atoms with Crippen LogP contribution < -0.4 is 10.2 Å². The van der Waals surface area contributed by atoms with E-state index in [1.165, 1.54) is 0 Å². The van der Waals surface area contributed by atoms with E-state index in [-0.39, 0.29) is 11.8 Å². The van der Waals surface area contributed by atoms with Crippen molar-refractivity contribution in [2.75, 3.05) is 24.5 Å². The first-order chi connectivity index (χ1) is 9.91. The topological polar surface area (TPSA) is 45.2 Å². The van der Waals surface area contributed by atoms with Crippen LogP contribution in [0.1, 0.15) is 31.1 Å². The summed E-state index contributed by atoms with van der Waals surface area (Å²) in [6, 6.07) is 0. The molecule has 1 atom stereocenters. The van der Waals surface area contributed by atoms with Crippen LogP contribution in [0.25, 0.3) is 0 Å². The Hall–Kier alpha value is -1.31. The predicted molar refractivity (Wildman–Crippen MR) is 75.4 cm³/mol. The van der Waals surface area contributed by atoms with Gasteiger partial charge in [0.2, 0.25) is 5.91 Å². The second-order valence-electron chi connectivity index (χ2n) is 5.08. The monoisotopic (exact) mass is 321 g/mol. The van der Waals surface area contributed by atoms with Crippen molar-refractivity contribution in [2.45, 2.75) is 32.4 Å². The molecule has 8 heteroatoms. The molecule has 1 aliphatic heterocycles. The summed E-state index contributed by atoms with van der Waals surface area (Å²) in [6.45, 7) is 3.68. The van der Waals surface area contributed by atoms with Gasteiger partial charge in [0.1, 0.15) is 4.88 Å². The van der Waals surface area contributed by atoms with Gasteiger partial charge in [0.15, 0.2) is 5.13 Å². The Morgan fingerprint density at radius 3 is 2.95 bits per heavy atom. The smallest absolute Gasteiger partial charge is 0.356 e. The van der Waals surface area contributed by atoms with Gasteiger partial charge >= 0.3 is 6.18 Å². The van der Waals surface area contributed by atoms with Gasteiger partial charge in [-0.25, -0.2) is 4.98 Å². The lowest BCUT2D eigenvalue weighted by Gasteiger charge is -2.31. The number of rotatable bonds is 4. The van der Waals surface area contributed by atoms with E-state index in [9.17, 15) is 18.0 Å². The molecule has 2 heterocycles. The minimum absolute atomic E-state index is 0.0193. The van der Waals surface area contributed by atoms with Crippen molar-refractivity contribution >= 4 is 22.4 Å². The molecule has 118 valence electrons. The van der Waals surface area contributed by atoms with Crippen molar-refractivity contribution in [3.8, 4) is 0 Å². The van der Waals surface area contributed by atoms with Gasteiger partial charge in [-0.05, 0) is 19.3 Å².